The van der Waals surface area contributed by atoms with E-state index in [0.29, 0.717) is 12.4 Å². The fourth-order valence-corrected chi connectivity index (χ4v) is 2.53. The molecular weight excluding hydrogens is 274 g/mol. The van der Waals surface area contributed by atoms with Gasteiger partial charge in [-0.05, 0) is 42.2 Å². The number of anilines is 1. The third-order valence-corrected chi connectivity index (χ3v) is 3.66. The first-order valence-corrected chi connectivity index (χ1v) is 7.85. The van der Waals surface area contributed by atoms with Gasteiger partial charge in [0.15, 0.2) is 0 Å². The lowest BCUT2D eigenvalue weighted by molar-refractivity contribution is 0.282. The molecule has 0 fully saturated rings. The summed E-state index contributed by atoms with van der Waals surface area (Å²) in [4.78, 5) is 0. The Morgan fingerprint density at radius 3 is 2.75 bits per heavy atom. The van der Waals surface area contributed by atoms with E-state index in [1.165, 1.54) is 5.56 Å². The van der Waals surface area contributed by atoms with E-state index in [9.17, 15) is 0 Å². The molecule has 0 saturated carbocycles. The highest BCUT2D eigenvalue weighted by atomic mass is 32.2. The van der Waals surface area contributed by atoms with Gasteiger partial charge in [0.25, 0.3) is 0 Å². The van der Waals surface area contributed by atoms with Crippen LogP contribution in [0.4, 0.5) is 5.95 Å². The largest absolute Gasteiger partial charge is 0.396 e. The maximum atomic E-state index is 9.10. The zero-order valence-corrected chi connectivity index (χ0v) is 12.5. The molecule has 0 spiro atoms. The number of thioether (sulfide) groups is 1. The predicted octanol–water partition coefficient (Wildman–Crippen LogP) is 1.50. The molecule has 1 aromatic heterocycles. The minimum absolute atomic E-state index is 0.143. The first-order chi connectivity index (χ1) is 9.74. The number of hydrogen-bond donors (Lipinski definition) is 2. The number of aliphatic hydroxyl groups excluding tert-OH is 1. The van der Waals surface area contributed by atoms with Crippen LogP contribution in [0.1, 0.15) is 12.0 Å². The number of hydrogen-bond acceptors (Lipinski definition) is 6. The van der Waals surface area contributed by atoms with Crippen molar-refractivity contribution in [3.8, 4) is 5.69 Å². The maximum Gasteiger partial charge on any atom is 0.247 e. The second kappa shape index (κ2) is 7.25. The highest BCUT2D eigenvalue weighted by Gasteiger charge is 2.13. The number of nitrogens with one attached hydrogen (secondary N) is 1. The Balaban J connectivity index is 2.17. The van der Waals surface area contributed by atoms with Crippen LogP contribution >= 0.6 is 11.8 Å². The molecule has 108 valence electrons. The SMILES string of the molecule is CSCC(CCO)Nc1nnnn1-c1ccc(C)cc1. The van der Waals surface area contributed by atoms with Crippen molar-refractivity contribution in [1.82, 2.24) is 20.2 Å². The van der Waals surface area contributed by atoms with E-state index >= 15 is 0 Å². The van der Waals surface area contributed by atoms with Crippen LogP contribution in [0.25, 0.3) is 5.69 Å². The van der Waals surface area contributed by atoms with Gasteiger partial charge >= 0.3 is 0 Å². The molecule has 1 unspecified atom stereocenters. The lowest BCUT2D eigenvalue weighted by Gasteiger charge is -2.16. The molecule has 0 aliphatic carbocycles. The summed E-state index contributed by atoms with van der Waals surface area (Å²) < 4.78 is 1.67. The van der Waals surface area contributed by atoms with Crippen LogP contribution in [-0.2, 0) is 0 Å². The third-order valence-electron chi connectivity index (χ3n) is 2.93. The fourth-order valence-electron chi connectivity index (χ4n) is 1.87. The second-order valence-corrected chi connectivity index (χ2v) is 5.47. The molecule has 2 N–H and O–H groups in total. The van der Waals surface area contributed by atoms with Crippen LogP contribution in [0.15, 0.2) is 24.3 Å². The Kier molecular flexibility index (Phi) is 5.37. The minimum Gasteiger partial charge on any atom is -0.396 e. The van der Waals surface area contributed by atoms with Crippen molar-refractivity contribution in [3.63, 3.8) is 0 Å². The Labute approximate surface area is 122 Å². The van der Waals surface area contributed by atoms with E-state index in [1.54, 1.807) is 16.4 Å². The van der Waals surface area contributed by atoms with Gasteiger partial charge in [0.1, 0.15) is 0 Å². The first-order valence-electron chi connectivity index (χ1n) is 6.46. The molecule has 0 aliphatic heterocycles. The van der Waals surface area contributed by atoms with Gasteiger partial charge in [-0.15, -0.1) is 0 Å². The van der Waals surface area contributed by atoms with Gasteiger partial charge in [-0.25, -0.2) is 0 Å². The van der Waals surface area contributed by atoms with Crippen LogP contribution in [-0.4, -0.2) is 50.0 Å². The Morgan fingerprint density at radius 1 is 1.35 bits per heavy atom. The molecule has 2 aromatic rings. The van der Waals surface area contributed by atoms with Crippen molar-refractivity contribution in [3.05, 3.63) is 29.8 Å². The summed E-state index contributed by atoms with van der Waals surface area (Å²) in [6, 6.07) is 8.14. The molecule has 0 amide bonds. The number of nitrogens with zero attached hydrogens (tertiary/aromatic N) is 4. The van der Waals surface area contributed by atoms with E-state index in [4.69, 9.17) is 5.11 Å². The van der Waals surface area contributed by atoms with Gasteiger partial charge in [-0.3, -0.25) is 0 Å². The minimum atomic E-state index is 0.143. The van der Waals surface area contributed by atoms with E-state index in [0.717, 1.165) is 11.4 Å². The zero-order valence-electron chi connectivity index (χ0n) is 11.7. The first kappa shape index (κ1) is 14.8. The van der Waals surface area contributed by atoms with Crippen molar-refractivity contribution in [2.45, 2.75) is 19.4 Å². The smallest absolute Gasteiger partial charge is 0.247 e. The van der Waals surface area contributed by atoms with Crippen molar-refractivity contribution >= 4 is 17.7 Å². The van der Waals surface area contributed by atoms with Gasteiger partial charge in [0.2, 0.25) is 5.95 Å². The normalized spacial score (nSPS) is 12.3. The molecule has 0 radical (unpaired) electrons. The molecule has 1 atom stereocenters. The van der Waals surface area contributed by atoms with E-state index in [1.807, 2.05) is 37.4 Å². The summed E-state index contributed by atoms with van der Waals surface area (Å²) in [5.41, 5.74) is 2.10. The molecule has 1 aromatic carbocycles. The summed E-state index contributed by atoms with van der Waals surface area (Å²) in [7, 11) is 0. The van der Waals surface area contributed by atoms with Gasteiger partial charge in [-0.1, -0.05) is 22.8 Å². The van der Waals surface area contributed by atoms with Crippen LogP contribution in [0, 0.1) is 6.92 Å². The molecule has 2 rings (SSSR count). The number of benzene rings is 1. The highest BCUT2D eigenvalue weighted by Crippen LogP contribution is 2.14. The van der Waals surface area contributed by atoms with Crippen LogP contribution in [0.5, 0.6) is 0 Å². The van der Waals surface area contributed by atoms with Crippen LogP contribution in [0.2, 0.25) is 0 Å². The van der Waals surface area contributed by atoms with E-state index in [-0.39, 0.29) is 12.6 Å². The summed E-state index contributed by atoms with van der Waals surface area (Å²) in [5.74, 6) is 1.49. The Morgan fingerprint density at radius 2 is 2.10 bits per heavy atom. The van der Waals surface area contributed by atoms with E-state index in [2.05, 4.69) is 20.8 Å². The average Bonchev–Trinajstić information content (AvgIpc) is 2.88. The second-order valence-electron chi connectivity index (χ2n) is 4.56. The van der Waals surface area contributed by atoms with Gasteiger partial charge < -0.3 is 10.4 Å². The number of tetrazole rings is 1. The number of aromatic nitrogens is 4. The lowest BCUT2D eigenvalue weighted by Crippen LogP contribution is -2.25. The summed E-state index contributed by atoms with van der Waals surface area (Å²) >= 11 is 1.72. The van der Waals surface area contributed by atoms with Crippen LogP contribution < -0.4 is 5.32 Å². The van der Waals surface area contributed by atoms with Crippen molar-refractivity contribution < 1.29 is 5.11 Å². The summed E-state index contributed by atoms with van der Waals surface area (Å²) in [6.45, 7) is 2.18. The van der Waals surface area contributed by atoms with Gasteiger partial charge in [0.05, 0.1) is 5.69 Å². The van der Waals surface area contributed by atoms with Crippen LogP contribution in [0.3, 0.4) is 0 Å². The summed E-state index contributed by atoms with van der Waals surface area (Å²) in [5, 5.41) is 24.1. The number of rotatable bonds is 7. The fraction of sp³-hybridized carbons (Fsp3) is 0.462. The standard InChI is InChI=1S/C13H19N5OS/c1-10-3-5-12(6-4-10)18-13(15-16-17-18)14-11(7-8-19)9-20-2/h3-6,11,19H,7-9H2,1-2H3,(H,14,15,17). The van der Waals surface area contributed by atoms with Crippen molar-refractivity contribution in [2.24, 2.45) is 0 Å². The monoisotopic (exact) mass is 293 g/mol. The molecule has 1 heterocycles. The lowest BCUT2D eigenvalue weighted by atomic mass is 10.2. The highest BCUT2D eigenvalue weighted by molar-refractivity contribution is 7.98. The van der Waals surface area contributed by atoms with Gasteiger partial charge in [0, 0.05) is 18.4 Å². The molecule has 6 nitrogen and oxygen atoms in total. The zero-order chi connectivity index (χ0) is 14.4. The van der Waals surface area contributed by atoms with Crippen molar-refractivity contribution in [2.75, 3.05) is 23.9 Å². The topological polar surface area (TPSA) is 75.9 Å². The number of aliphatic hydroxyl groups is 1. The van der Waals surface area contributed by atoms with E-state index < -0.39 is 0 Å². The molecule has 0 saturated heterocycles. The third kappa shape index (κ3) is 3.71. The predicted molar refractivity (Wildman–Crippen MR) is 81.4 cm³/mol. The molecular formula is C13H19N5OS. The Hall–Kier alpha value is -1.60. The Bertz CT molecular complexity index is 522. The summed E-state index contributed by atoms with van der Waals surface area (Å²) in [6.07, 6.45) is 2.70. The van der Waals surface area contributed by atoms with Gasteiger partial charge in [-0.2, -0.15) is 16.4 Å². The average molecular weight is 293 g/mol. The molecule has 7 heteroatoms. The van der Waals surface area contributed by atoms with Crippen molar-refractivity contribution in [1.29, 1.82) is 0 Å². The quantitative estimate of drug-likeness (QED) is 0.805. The molecule has 0 aliphatic rings. The molecule has 0 bridgehead atoms. The number of aryl methyl sites for hydroxylation is 1. The molecule has 20 heavy (non-hydrogen) atoms. The maximum absolute atomic E-state index is 9.10.